The van der Waals surface area contributed by atoms with E-state index in [4.69, 9.17) is 0 Å². The molecule has 1 unspecified atom stereocenters. The normalized spacial score (nSPS) is 17.4. The lowest BCUT2D eigenvalue weighted by Gasteiger charge is -2.31. The van der Waals surface area contributed by atoms with Crippen molar-refractivity contribution in [3.05, 3.63) is 59.7 Å². The molecule has 0 aliphatic carbocycles. The van der Waals surface area contributed by atoms with Gasteiger partial charge in [-0.1, -0.05) is 43.3 Å². The van der Waals surface area contributed by atoms with Crippen LogP contribution < -0.4 is 4.90 Å². The minimum Gasteiger partial charge on any atom is -0.341 e. The monoisotopic (exact) mass is 248 g/mol. The van der Waals surface area contributed by atoms with Gasteiger partial charge >= 0.3 is 0 Å². The molecule has 0 saturated carbocycles. The zero-order valence-electron chi connectivity index (χ0n) is 11.1. The summed E-state index contributed by atoms with van der Waals surface area (Å²) in [6.07, 6.45) is 0. The van der Waals surface area contributed by atoms with Crippen molar-refractivity contribution in [1.82, 2.24) is 4.98 Å². The Morgan fingerprint density at radius 1 is 1.00 bits per heavy atom. The Morgan fingerprint density at radius 2 is 1.74 bits per heavy atom. The van der Waals surface area contributed by atoms with E-state index in [1.54, 1.807) is 0 Å². The van der Waals surface area contributed by atoms with E-state index in [9.17, 15) is 0 Å². The lowest BCUT2D eigenvalue weighted by atomic mass is 9.87. The molecule has 94 valence electrons. The zero-order chi connectivity index (χ0) is 13.0. The number of nitrogens with zero attached hydrogens (tertiary/aromatic N) is 1. The van der Waals surface area contributed by atoms with Gasteiger partial charge in [0.2, 0.25) is 0 Å². The highest BCUT2D eigenvalue weighted by atomic mass is 15.2. The van der Waals surface area contributed by atoms with Gasteiger partial charge in [-0.15, -0.1) is 0 Å². The molecule has 0 spiro atoms. The second-order valence-electron chi connectivity index (χ2n) is 5.27. The summed E-state index contributed by atoms with van der Waals surface area (Å²) in [5.41, 5.74) is 5.34. The quantitative estimate of drug-likeness (QED) is 0.624. The van der Waals surface area contributed by atoms with Crippen molar-refractivity contribution < 1.29 is 0 Å². The molecule has 0 saturated heterocycles. The summed E-state index contributed by atoms with van der Waals surface area (Å²) in [4.78, 5) is 5.83. The van der Waals surface area contributed by atoms with Crippen LogP contribution in [0.5, 0.6) is 0 Å². The van der Waals surface area contributed by atoms with E-state index < -0.39 is 0 Å². The molecule has 0 bridgehead atoms. The summed E-state index contributed by atoms with van der Waals surface area (Å²) < 4.78 is 0. The fourth-order valence-electron chi connectivity index (χ4n) is 3.29. The molecule has 1 atom stereocenters. The first kappa shape index (κ1) is 10.7. The first-order valence-electron chi connectivity index (χ1n) is 6.70. The standard InChI is InChI=1S/C17H16N2/c1-11-12-7-4-6-10-15(12)19(2)17-16(11)13-8-3-5-9-14(13)18-17/h3-11,18H,1-2H3. The largest absolute Gasteiger partial charge is 0.341 e. The molecule has 0 amide bonds. The van der Waals surface area contributed by atoms with Crippen molar-refractivity contribution in [2.45, 2.75) is 12.8 Å². The fourth-order valence-corrected chi connectivity index (χ4v) is 3.29. The van der Waals surface area contributed by atoms with E-state index in [0.717, 1.165) is 0 Å². The second kappa shape index (κ2) is 3.64. The summed E-state index contributed by atoms with van der Waals surface area (Å²) in [5.74, 6) is 1.66. The number of rotatable bonds is 0. The van der Waals surface area contributed by atoms with E-state index in [2.05, 4.69) is 72.4 Å². The lowest BCUT2D eigenvalue weighted by molar-refractivity contribution is 0.886. The van der Waals surface area contributed by atoms with Crippen molar-refractivity contribution in [2.75, 3.05) is 11.9 Å². The first-order chi connectivity index (χ1) is 9.27. The molecule has 1 aliphatic heterocycles. The number of hydrogen-bond donors (Lipinski definition) is 1. The van der Waals surface area contributed by atoms with Gasteiger partial charge in [0.25, 0.3) is 0 Å². The Balaban J connectivity index is 2.07. The molecule has 1 N–H and O–H groups in total. The molecule has 4 rings (SSSR count). The molecular weight excluding hydrogens is 232 g/mol. The van der Waals surface area contributed by atoms with Crippen molar-refractivity contribution >= 4 is 22.4 Å². The van der Waals surface area contributed by atoms with Gasteiger partial charge in [0.05, 0.1) is 0 Å². The molecule has 1 aliphatic rings. The maximum Gasteiger partial charge on any atom is 0.115 e. The third-order valence-corrected chi connectivity index (χ3v) is 4.26. The SMILES string of the molecule is CC1c2ccccc2N(C)c2[nH]c3ccccc3c21. The van der Waals surface area contributed by atoms with Crippen LogP contribution in [0.3, 0.4) is 0 Å². The summed E-state index contributed by atoms with van der Waals surface area (Å²) >= 11 is 0. The van der Waals surface area contributed by atoms with Gasteiger partial charge in [0.15, 0.2) is 0 Å². The van der Waals surface area contributed by atoms with Gasteiger partial charge in [-0.05, 0) is 17.7 Å². The Hall–Kier alpha value is -2.22. The van der Waals surface area contributed by atoms with Crippen LogP contribution in [-0.2, 0) is 0 Å². The van der Waals surface area contributed by atoms with Gasteiger partial charge in [0.1, 0.15) is 5.82 Å². The molecule has 19 heavy (non-hydrogen) atoms. The van der Waals surface area contributed by atoms with Gasteiger partial charge in [-0.2, -0.15) is 0 Å². The predicted octanol–water partition coefficient (Wildman–Crippen LogP) is 4.40. The van der Waals surface area contributed by atoms with Crippen LogP contribution in [0.15, 0.2) is 48.5 Å². The number of nitrogens with one attached hydrogen (secondary N) is 1. The van der Waals surface area contributed by atoms with Gasteiger partial charge < -0.3 is 9.88 Å². The Labute approximate surface area is 112 Å². The van der Waals surface area contributed by atoms with E-state index in [-0.39, 0.29) is 0 Å². The van der Waals surface area contributed by atoms with Crippen LogP contribution in [0.1, 0.15) is 24.0 Å². The smallest absolute Gasteiger partial charge is 0.115 e. The van der Waals surface area contributed by atoms with Crippen LogP contribution in [0.25, 0.3) is 10.9 Å². The zero-order valence-corrected chi connectivity index (χ0v) is 11.1. The molecular formula is C17H16N2. The first-order valence-corrected chi connectivity index (χ1v) is 6.70. The van der Waals surface area contributed by atoms with Crippen LogP contribution >= 0.6 is 0 Å². The van der Waals surface area contributed by atoms with Gasteiger partial charge in [-0.3, -0.25) is 0 Å². The highest BCUT2D eigenvalue weighted by molar-refractivity contribution is 5.93. The minimum atomic E-state index is 0.429. The Kier molecular flexibility index (Phi) is 2.05. The highest BCUT2D eigenvalue weighted by Gasteiger charge is 2.28. The second-order valence-corrected chi connectivity index (χ2v) is 5.27. The number of anilines is 2. The number of aromatic amines is 1. The van der Waals surface area contributed by atoms with E-state index in [0.29, 0.717) is 5.92 Å². The number of H-pyrrole nitrogens is 1. The highest BCUT2D eigenvalue weighted by Crippen LogP contribution is 2.46. The maximum absolute atomic E-state index is 3.56. The third-order valence-electron chi connectivity index (χ3n) is 4.26. The van der Waals surface area contributed by atoms with Crippen molar-refractivity contribution in [3.8, 4) is 0 Å². The van der Waals surface area contributed by atoms with E-state index >= 15 is 0 Å². The number of benzene rings is 2. The molecule has 2 aromatic carbocycles. The fraction of sp³-hybridized carbons (Fsp3) is 0.176. The predicted molar refractivity (Wildman–Crippen MR) is 80.3 cm³/mol. The maximum atomic E-state index is 3.56. The number of para-hydroxylation sites is 2. The van der Waals surface area contributed by atoms with Crippen LogP contribution in [0, 0.1) is 0 Å². The topological polar surface area (TPSA) is 19.0 Å². The van der Waals surface area contributed by atoms with Crippen LogP contribution in [0.2, 0.25) is 0 Å². The molecule has 0 radical (unpaired) electrons. The molecule has 0 fully saturated rings. The molecule has 3 aromatic rings. The average molecular weight is 248 g/mol. The molecule has 2 heterocycles. The molecule has 1 aromatic heterocycles. The van der Waals surface area contributed by atoms with Gasteiger partial charge in [-0.25, -0.2) is 0 Å². The van der Waals surface area contributed by atoms with E-state index in [1.165, 1.54) is 33.5 Å². The van der Waals surface area contributed by atoms with Crippen molar-refractivity contribution in [3.63, 3.8) is 0 Å². The minimum absolute atomic E-state index is 0.429. The van der Waals surface area contributed by atoms with Crippen LogP contribution in [0.4, 0.5) is 11.5 Å². The number of hydrogen-bond acceptors (Lipinski definition) is 1. The number of fused-ring (bicyclic) bond motifs is 4. The summed E-state index contributed by atoms with van der Waals surface area (Å²) in [6, 6.07) is 17.2. The molecule has 2 heteroatoms. The van der Waals surface area contributed by atoms with Crippen LogP contribution in [-0.4, -0.2) is 12.0 Å². The Bertz CT molecular complexity index is 770. The lowest BCUT2D eigenvalue weighted by Crippen LogP contribution is -2.20. The number of aromatic nitrogens is 1. The average Bonchev–Trinajstić information content (AvgIpc) is 2.84. The summed E-state index contributed by atoms with van der Waals surface area (Å²) in [6.45, 7) is 2.30. The summed E-state index contributed by atoms with van der Waals surface area (Å²) in [5, 5.41) is 1.34. The van der Waals surface area contributed by atoms with E-state index in [1.807, 2.05) is 0 Å². The van der Waals surface area contributed by atoms with Gasteiger partial charge in [0, 0.05) is 35.1 Å². The third kappa shape index (κ3) is 1.31. The molecule has 2 nitrogen and oxygen atoms in total. The summed E-state index contributed by atoms with van der Waals surface area (Å²) in [7, 11) is 2.14. The van der Waals surface area contributed by atoms with Crippen molar-refractivity contribution in [1.29, 1.82) is 0 Å². The Morgan fingerprint density at radius 3 is 2.63 bits per heavy atom. The van der Waals surface area contributed by atoms with Crippen molar-refractivity contribution in [2.24, 2.45) is 0 Å².